The largest absolute Gasteiger partial charge is 0.348 e. The first kappa shape index (κ1) is 23.3. The van der Waals surface area contributed by atoms with Crippen molar-refractivity contribution >= 4 is 16.8 Å². The number of aromatic amines is 1. The van der Waals surface area contributed by atoms with Crippen molar-refractivity contribution in [1.29, 1.82) is 0 Å². The minimum atomic E-state index is -0.125. The van der Waals surface area contributed by atoms with Crippen LogP contribution < -0.4 is 10.9 Å². The van der Waals surface area contributed by atoms with Crippen molar-refractivity contribution in [1.82, 2.24) is 19.8 Å². The lowest BCUT2D eigenvalue weighted by atomic mass is 9.90. The van der Waals surface area contributed by atoms with Crippen LogP contribution in [0, 0.1) is 19.8 Å². The summed E-state index contributed by atoms with van der Waals surface area (Å²) in [4.78, 5) is 31.2. The van der Waals surface area contributed by atoms with Crippen molar-refractivity contribution in [3.8, 4) is 0 Å². The molecule has 1 fully saturated rings. The van der Waals surface area contributed by atoms with Gasteiger partial charge < -0.3 is 19.8 Å². The van der Waals surface area contributed by atoms with Gasteiger partial charge in [0.2, 0.25) is 0 Å². The Hall–Kier alpha value is -2.86. The van der Waals surface area contributed by atoms with E-state index in [1.165, 1.54) is 12.8 Å². The van der Waals surface area contributed by atoms with Gasteiger partial charge in [-0.05, 0) is 83.8 Å². The Balaban J connectivity index is 1.65. The fourth-order valence-corrected chi connectivity index (χ4v) is 5.48. The average Bonchev–Trinajstić information content (AvgIpc) is 3.09. The van der Waals surface area contributed by atoms with E-state index < -0.39 is 0 Å². The second-order valence-electron chi connectivity index (χ2n) is 9.55. The van der Waals surface area contributed by atoms with Crippen molar-refractivity contribution in [2.75, 3.05) is 20.1 Å². The molecule has 6 heteroatoms. The number of carbonyl (C=O) groups is 1. The maximum atomic E-state index is 13.4. The third kappa shape index (κ3) is 4.49. The molecule has 2 aromatic heterocycles. The molecule has 3 aromatic rings. The van der Waals surface area contributed by atoms with Crippen molar-refractivity contribution in [2.45, 2.75) is 59.5 Å². The summed E-state index contributed by atoms with van der Waals surface area (Å²) in [5, 5.41) is 4.01. The lowest BCUT2D eigenvalue weighted by molar-refractivity contribution is 0.0951. The molecule has 3 heterocycles. The van der Waals surface area contributed by atoms with E-state index in [0.717, 1.165) is 47.4 Å². The van der Waals surface area contributed by atoms with Gasteiger partial charge in [-0.15, -0.1) is 0 Å². The monoisotopic (exact) mass is 448 g/mol. The van der Waals surface area contributed by atoms with Crippen LogP contribution in [-0.4, -0.2) is 40.5 Å². The molecular formula is C27H36N4O2. The first-order valence-corrected chi connectivity index (χ1v) is 12.1. The average molecular weight is 449 g/mol. The van der Waals surface area contributed by atoms with Gasteiger partial charge in [0, 0.05) is 40.4 Å². The van der Waals surface area contributed by atoms with Gasteiger partial charge in [0.15, 0.2) is 0 Å². The summed E-state index contributed by atoms with van der Waals surface area (Å²) in [6, 6.07) is 10.5. The van der Waals surface area contributed by atoms with Crippen LogP contribution in [0.1, 0.15) is 65.6 Å². The van der Waals surface area contributed by atoms with E-state index in [0.29, 0.717) is 23.1 Å². The number of rotatable bonds is 6. The normalized spacial score (nSPS) is 16.3. The maximum absolute atomic E-state index is 13.4. The van der Waals surface area contributed by atoms with Crippen molar-refractivity contribution in [3.63, 3.8) is 0 Å². The van der Waals surface area contributed by atoms with Crippen LogP contribution in [-0.2, 0) is 13.0 Å². The minimum absolute atomic E-state index is 0.123. The number of benzene rings is 1. The van der Waals surface area contributed by atoms with Crippen LogP contribution in [0.3, 0.4) is 0 Å². The molecule has 33 heavy (non-hydrogen) atoms. The van der Waals surface area contributed by atoms with Gasteiger partial charge in [0.05, 0.1) is 5.56 Å². The summed E-state index contributed by atoms with van der Waals surface area (Å²) in [5.74, 6) is 0.463. The zero-order valence-electron chi connectivity index (χ0n) is 20.5. The third-order valence-corrected chi connectivity index (χ3v) is 7.41. The zero-order valence-corrected chi connectivity index (χ0v) is 20.5. The number of aryl methyl sites for hydroxylation is 2. The number of carbonyl (C=O) groups excluding carboxylic acids is 1. The standard InChI is InChI=1S/C27H36N4O2/c1-6-20-15-17(2)29-26(32)23(20)16-28-27(33)25-19(4)31(24-10-8-7-9-22(24)25)18(3)21-11-13-30(5)14-12-21/h7-10,15,18,21H,6,11-14,16H2,1-5H3,(H,28,33)(H,29,32). The summed E-state index contributed by atoms with van der Waals surface area (Å²) in [6.45, 7) is 10.7. The van der Waals surface area contributed by atoms with Crippen molar-refractivity contribution in [3.05, 3.63) is 68.8 Å². The van der Waals surface area contributed by atoms with Crippen LogP contribution in [0.2, 0.25) is 0 Å². The highest BCUT2D eigenvalue weighted by molar-refractivity contribution is 6.08. The molecule has 4 rings (SSSR count). The molecule has 1 aromatic carbocycles. The van der Waals surface area contributed by atoms with Gasteiger partial charge in [-0.3, -0.25) is 9.59 Å². The number of H-pyrrole nitrogens is 1. The number of fused-ring (bicyclic) bond motifs is 1. The first-order chi connectivity index (χ1) is 15.8. The molecule has 176 valence electrons. The molecule has 1 unspecified atom stereocenters. The number of aromatic nitrogens is 2. The van der Waals surface area contributed by atoms with Crippen LogP contribution >= 0.6 is 0 Å². The quantitative estimate of drug-likeness (QED) is 0.589. The lowest BCUT2D eigenvalue weighted by Gasteiger charge is -2.34. The highest BCUT2D eigenvalue weighted by Gasteiger charge is 2.28. The minimum Gasteiger partial charge on any atom is -0.348 e. The Labute approximate surface area is 196 Å². The third-order valence-electron chi connectivity index (χ3n) is 7.41. The molecule has 1 aliphatic heterocycles. The second-order valence-corrected chi connectivity index (χ2v) is 9.55. The Morgan fingerprint density at radius 2 is 1.91 bits per heavy atom. The number of nitrogens with one attached hydrogen (secondary N) is 2. The fraction of sp³-hybridized carbons (Fsp3) is 0.481. The molecule has 0 radical (unpaired) electrons. The van der Waals surface area contributed by atoms with E-state index in [2.05, 4.69) is 46.7 Å². The van der Waals surface area contributed by atoms with E-state index in [9.17, 15) is 9.59 Å². The number of para-hydroxylation sites is 1. The maximum Gasteiger partial charge on any atom is 0.254 e. The SMILES string of the molecule is CCc1cc(C)[nH]c(=O)c1CNC(=O)c1c(C)n(C(C)C2CCN(C)CC2)c2ccccc12. The first-order valence-electron chi connectivity index (χ1n) is 12.1. The van der Waals surface area contributed by atoms with Crippen LogP contribution in [0.25, 0.3) is 10.9 Å². The summed E-state index contributed by atoms with van der Waals surface area (Å²) >= 11 is 0. The fourth-order valence-electron chi connectivity index (χ4n) is 5.48. The summed E-state index contributed by atoms with van der Waals surface area (Å²) in [7, 11) is 2.18. The van der Waals surface area contributed by atoms with Crippen LogP contribution in [0.4, 0.5) is 0 Å². The van der Waals surface area contributed by atoms with E-state index in [1.54, 1.807) is 0 Å². The molecule has 1 aliphatic rings. The van der Waals surface area contributed by atoms with Gasteiger partial charge in [0.1, 0.15) is 0 Å². The van der Waals surface area contributed by atoms with Crippen molar-refractivity contribution < 1.29 is 4.79 Å². The number of likely N-dealkylation sites (tertiary alicyclic amines) is 1. The second kappa shape index (κ2) is 9.56. The summed E-state index contributed by atoms with van der Waals surface area (Å²) in [6.07, 6.45) is 3.09. The highest BCUT2D eigenvalue weighted by Crippen LogP contribution is 2.35. The molecule has 6 nitrogen and oxygen atoms in total. The van der Waals surface area contributed by atoms with Gasteiger partial charge in [0.25, 0.3) is 11.5 Å². The molecule has 0 spiro atoms. The van der Waals surface area contributed by atoms with E-state index in [4.69, 9.17) is 0 Å². The number of nitrogens with zero attached hydrogens (tertiary/aromatic N) is 2. The number of pyridine rings is 1. The molecule has 0 bridgehead atoms. The summed E-state index contributed by atoms with van der Waals surface area (Å²) < 4.78 is 2.36. The molecule has 1 saturated heterocycles. The molecular weight excluding hydrogens is 412 g/mol. The Morgan fingerprint density at radius 3 is 2.61 bits per heavy atom. The highest BCUT2D eigenvalue weighted by atomic mass is 16.2. The van der Waals surface area contributed by atoms with Crippen molar-refractivity contribution in [2.24, 2.45) is 5.92 Å². The molecule has 1 atom stereocenters. The zero-order chi connectivity index (χ0) is 23.7. The smallest absolute Gasteiger partial charge is 0.254 e. The number of piperidine rings is 1. The van der Waals surface area contributed by atoms with E-state index in [-0.39, 0.29) is 18.0 Å². The van der Waals surface area contributed by atoms with Crippen LogP contribution in [0.5, 0.6) is 0 Å². The van der Waals surface area contributed by atoms with Gasteiger partial charge >= 0.3 is 0 Å². The van der Waals surface area contributed by atoms with Gasteiger partial charge in [-0.2, -0.15) is 0 Å². The van der Waals surface area contributed by atoms with Crippen LogP contribution in [0.15, 0.2) is 35.1 Å². The predicted octanol–water partition coefficient (Wildman–Crippen LogP) is 4.34. The van der Waals surface area contributed by atoms with E-state index in [1.807, 2.05) is 38.1 Å². The molecule has 1 amide bonds. The molecule has 0 saturated carbocycles. The van der Waals surface area contributed by atoms with Gasteiger partial charge in [-0.25, -0.2) is 0 Å². The lowest BCUT2D eigenvalue weighted by Crippen LogP contribution is -2.33. The Morgan fingerprint density at radius 1 is 1.21 bits per heavy atom. The molecule has 0 aliphatic carbocycles. The van der Waals surface area contributed by atoms with Gasteiger partial charge in [-0.1, -0.05) is 25.1 Å². The Bertz CT molecular complexity index is 1210. The summed E-state index contributed by atoms with van der Waals surface area (Å²) in [5.41, 5.74) is 5.15. The Kier molecular flexibility index (Phi) is 6.75. The number of hydrogen-bond acceptors (Lipinski definition) is 3. The number of amides is 1. The van der Waals surface area contributed by atoms with E-state index >= 15 is 0 Å². The molecule has 2 N–H and O–H groups in total. The predicted molar refractivity (Wildman–Crippen MR) is 134 cm³/mol. The topological polar surface area (TPSA) is 70.1 Å². The number of hydrogen-bond donors (Lipinski definition) is 2.